The van der Waals surface area contributed by atoms with Crippen molar-refractivity contribution >= 4 is 11.9 Å². The fourth-order valence-corrected chi connectivity index (χ4v) is 3.97. The standard InChI is InChI=1S/C23H35NO6/c1-14(29-16(3)26)21(27)24-12-18(23(7,13-24)15(2)25)17-9-10-19(28-8)20(11-17)30-22(4,5)6/h9-11,14-15,18,25H,12-13H2,1-8H3/t14?,15-,18+,23+/m1/s1. The van der Waals surface area contributed by atoms with Crippen LogP contribution in [0.5, 0.6) is 11.5 Å². The second-order valence-electron chi connectivity index (χ2n) is 9.33. The van der Waals surface area contributed by atoms with Gasteiger partial charge in [-0.15, -0.1) is 0 Å². The minimum Gasteiger partial charge on any atom is -0.493 e. The molecule has 4 atom stereocenters. The van der Waals surface area contributed by atoms with Crippen LogP contribution in [-0.4, -0.2) is 59.9 Å². The first kappa shape index (κ1) is 24.0. The van der Waals surface area contributed by atoms with Gasteiger partial charge in [-0.2, -0.15) is 0 Å². The van der Waals surface area contributed by atoms with Crippen LogP contribution in [-0.2, 0) is 14.3 Å². The summed E-state index contributed by atoms with van der Waals surface area (Å²) in [6.07, 6.45) is -1.52. The van der Waals surface area contributed by atoms with Gasteiger partial charge < -0.3 is 24.2 Å². The van der Waals surface area contributed by atoms with Crippen molar-refractivity contribution in [3.8, 4) is 11.5 Å². The highest BCUT2D eigenvalue weighted by atomic mass is 16.5. The third-order valence-corrected chi connectivity index (χ3v) is 5.69. The Morgan fingerprint density at radius 1 is 1.23 bits per heavy atom. The zero-order valence-corrected chi connectivity index (χ0v) is 19.3. The molecule has 2 rings (SSSR count). The van der Waals surface area contributed by atoms with Crippen LogP contribution in [0.1, 0.15) is 59.9 Å². The fourth-order valence-electron chi connectivity index (χ4n) is 3.97. The molecule has 1 aromatic carbocycles. The summed E-state index contributed by atoms with van der Waals surface area (Å²) in [5.74, 6) is 0.359. The smallest absolute Gasteiger partial charge is 0.303 e. The first-order valence-electron chi connectivity index (χ1n) is 10.3. The molecule has 0 saturated carbocycles. The van der Waals surface area contributed by atoms with Crippen LogP contribution in [0.2, 0.25) is 0 Å². The molecular weight excluding hydrogens is 386 g/mol. The number of nitrogens with zero attached hydrogens (tertiary/aromatic N) is 1. The third-order valence-electron chi connectivity index (χ3n) is 5.69. The van der Waals surface area contributed by atoms with Gasteiger partial charge in [0.05, 0.1) is 13.2 Å². The molecule has 168 valence electrons. The highest BCUT2D eigenvalue weighted by Crippen LogP contribution is 2.47. The van der Waals surface area contributed by atoms with Crippen molar-refractivity contribution in [1.82, 2.24) is 4.90 Å². The van der Waals surface area contributed by atoms with Crippen LogP contribution >= 0.6 is 0 Å². The van der Waals surface area contributed by atoms with Crippen molar-refractivity contribution in [2.75, 3.05) is 20.2 Å². The van der Waals surface area contributed by atoms with Gasteiger partial charge in [0.25, 0.3) is 5.91 Å². The molecule has 7 nitrogen and oxygen atoms in total. The summed E-state index contributed by atoms with van der Waals surface area (Å²) in [5, 5.41) is 10.6. The largest absolute Gasteiger partial charge is 0.493 e. The molecule has 0 aromatic heterocycles. The highest BCUT2D eigenvalue weighted by Gasteiger charge is 2.49. The molecule has 0 aliphatic carbocycles. The van der Waals surface area contributed by atoms with E-state index < -0.39 is 29.2 Å². The Balaban J connectivity index is 2.39. The molecule has 1 N–H and O–H groups in total. The topological polar surface area (TPSA) is 85.3 Å². The zero-order valence-electron chi connectivity index (χ0n) is 19.3. The van der Waals surface area contributed by atoms with Crippen molar-refractivity contribution in [1.29, 1.82) is 0 Å². The lowest BCUT2D eigenvalue weighted by atomic mass is 9.72. The molecule has 1 fully saturated rings. The van der Waals surface area contributed by atoms with Gasteiger partial charge in [0.1, 0.15) is 5.60 Å². The summed E-state index contributed by atoms with van der Waals surface area (Å²) in [6, 6.07) is 5.73. The van der Waals surface area contributed by atoms with Crippen molar-refractivity contribution in [3.05, 3.63) is 23.8 Å². The minimum atomic E-state index is -0.866. The van der Waals surface area contributed by atoms with Crippen LogP contribution in [0, 0.1) is 5.41 Å². The Bertz CT molecular complexity index is 784. The summed E-state index contributed by atoms with van der Waals surface area (Å²) < 4.78 is 16.6. The van der Waals surface area contributed by atoms with E-state index in [0.29, 0.717) is 24.6 Å². The van der Waals surface area contributed by atoms with E-state index in [1.54, 1.807) is 25.9 Å². The number of ether oxygens (including phenoxy) is 3. The number of benzene rings is 1. The van der Waals surface area contributed by atoms with E-state index in [1.807, 2.05) is 45.9 Å². The monoisotopic (exact) mass is 421 g/mol. The maximum absolute atomic E-state index is 12.8. The molecule has 1 amide bonds. The number of amides is 1. The molecule has 1 unspecified atom stereocenters. The molecule has 1 aliphatic heterocycles. The molecule has 7 heteroatoms. The van der Waals surface area contributed by atoms with Gasteiger partial charge in [0.15, 0.2) is 17.6 Å². The summed E-state index contributed by atoms with van der Waals surface area (Å²) in [5.41, 5.74) is -0.0237. The van der Waals surface area contributed by atoms with Gasteiger partial charge in [-0.05, 0) is 52.3 Å². The Hall–Kier alpha value is -2.28. The van der Waals surface area contributed by atoms with Crippen LogP contribution in [0.25, 0.3) is 0 Å². The number of hydrogen-bond donors (Lipinski definition) is 1. The number of carbonyl (C=O) groups excluding carboxylic acids is 2. The molecular formula is C23H35NO6. The average molecular weight is 422 g/mol. The molecule has 1 aliphatic rings. The summed E-state index contributed by atoms with van der Waals surface area (Å²) >= 11 is 0. The Morgan fingerprint density at radius 3 is 2.37 bits per heavy atom. The number of likely N-dealkylation sites (tertiary alicyclic amines) is 1. The van der Waals surface area contributed by atoms with E-state index in [2.05, 4.69) is 0 Å². The van der Waals surface area contributed by atoms with E-state index >= 15 is 0 Å². The van der Waals surface area contributed by atoms with Gasteiger partial charge in [-0.3, -0.25) is 9.59 Å². The number of aliphatic hydroxyl groups excluding tert-OH is 1. The van der Waals surface area contributed by atoms with Gasteiger partial charge in [-0.25, -0.2) is 0 Å². The summed E-state index contributed by atoms with van der Waals surface area (Å²) in [4.78, 5) is 25.8. The number of rotatable bonds is 6. The lowest BCUT2D eigenvalue weighted by molar-refractivity contribution is -0.157. The summed E-state index contributed by atoms with van der Waals surface area (Å²) in [6.45, 7) is 13.2. The zero-order chi connectivity index (χ0) is 22.9. The normalized spacial score (nSPS) is 23.6. The third kappa shape index (κ3) is 5.25. The van der Waals surface area contributed by atoms with Gasteiger partial charge in [-0.1, -0.05) is 13.0 Å². The second kappa shape index (κ2) is 8.84. The number of hydrogen-bond acceptors (Lipinski definition) is 6. The predicted octanol–water partition coefficient (Wildman–Crippen LogP) is 3.14. The molecule has 0 spiro atoms. The maximum Gasteiger partial charge on any atom is 0.303 e. The quantitative estimate of drug-likeness (QED) is 0.711. The van der Waals surface area contributed by atoms with Crippen molar-refractivity contribution < 1.29 is 28.9 Å². The lowest BCUT2D eigenvalue weighted by Crippen LogP contribution is -2.41. The molecule has 1 heterocycles. The predicted molar refractivity (Wildman–Crippen MR) is 114 cm³/mol. The highest BCUT2D eigenvalue weighted by molar-refractivity contribution is 5.83. The summed E-state index contributed by atoms with van der Waals surface area (Å²) in [7, 11) is 1.59. The van der Waals surface area contributed by atoms with E-state index in [-0.39, 0.29) is 11.8 Å². The van der Waals surface area contributed by atoms with Crippen molar-refractivity contribution in [3.63, 3.8) is 0 Å². The Morgan fingerprint density at radius 2 is 1.87 bits per heavy atom. The van der Waals surface area contributed by atoms with Crippen LogP contribution in [0.3, 0.4) is 0 Å². The van der Waals surface area contributed by atoms with E-state index in [0.717, 1.165) is 5.56 Å². The Kier molecular flexibility index (Phi) is 7.07. The van der Waals surface area contributed by atoms with Crippen LogP contribution < -0.4 is 9.47 Å². The van der Waals surface area contributed by atoms with Crippen LogP contribution in [0.4, 0.5) is 0 Å². The second-order valence-corrected chi connectivity index (χ2v) is 9.33. The van der Waals surface area contributed by atoms with Gasteiger partial charge in [0, 0.05) is 31.3 Å². The van der Waals surface area contributed by atoms with Crippen molar-refractivity contribution in [2.24, 2.45) is 5.41 Å². The molecule has 30 heavy (non-hydrogen) atoms. The van der Waals surface area contributed by atoms with Gasteiger partial charge in [0.2, 0.25) is 0 Å². The number of aliphatic hydroxyl groups is 1. The number of methoxy groups -OCH3 is 1. The number of esters is 1. The molecule has 1 aromatic rings. The Labute approximate surface area is 179 Å². The SMILES string of the molecule is COc1ccc([C@@H]2CN(C(=O)C(C)OC(C)=O)C[C@@]2(C)[C@@H](C)O)cc1OC(C)(C)C. The lowest BCUT2D eigenvalue weighted by Gasteiger charge is -2.34. The van der Waals surface area contributed by atoms with Gasteiger partial charge >= 0.3 is 5.97 Å². The number of carbonyl (C=O) groups is 2. The molecule has 0 bridgehead atoms. The van der Waals surface area contributed by atoms with Crippen LogP contribution in [0.15, 0.2) is 18.2 Å². The average Bonchev–Trinajstić information content (AvgIpc) is 2.98. The van der Waals surface area contributed by atoms with E-state index in [1.165, 1.54) is 6.92 Å². The van der Waals surface area contributed by atoms with Crippen molar-refractivity contribution in [2.45, 2.75) is 72.2 Å². The first-order chi connectivity index (χ1) is 13.8. The van der Waals surface area contributed by atoms with E-state index in [9.17, 15) is 14.7 Å². The van der Waals surface area contributed by atoms with E-state index in [4.69, 9.17) is 14.2 Å². The minimum absolute atomic E-state index is 0.126. The molecule has 0 radical (unpaired) electrons. The fraction of sp³-hybridized carbons (Fsp3) is 0.652. The first-order valence-corrected chi connectivity index (χ1v) is 10.3. The molecule has 1 saturated heterocycles. The maximum atomic E-state index is 12.8.